The van der Waals surface area contributed by atoms with Gasteiger partial charge in [0, 0.05) is 0 Å². The van der Waals surface area contributed by atoms with Crippen LogP contribution in [0.3, 0.4) is 0 Å². The van der Waals surface area contributed by atoms with E-state index < -0.39 is 0 Å². The normalized spacial score (nSPS) is 29.6. The summed E-state index contributed by atoms with van der Waals surface area (Å²) in [4.78, 5) is 0. The standard InChI is InChI=1S/C15H28.C2H6/c1-3-5-14(15-10-12(2)11-15)9-8-13-6-4-7-13;1-2/h12-15H,3-11H2,1-2H3;1-2H3. The lowest BCUT2D eigenvalue weighted by atomic mass is 9.66. The minimum absolute atomic E-state index is 1.04. The van der Waals surface area contributed by atoms with E-state index >= 15 is 0 Å². The second-order valence-electron chi connectivity index (χ2n) is 6.26. The molecule has 102 valence electrons. The Balaban J connectivity index is 0.000000686. The molecule has 0 bridgehead atoms. The minimum atomic E-state index is 1.04. The van der Waals surface area contributed by atoms with Crippen molar-refractivity contribution in [2.75, 3.05) is 0 Å². The Kier molecular flexibility index (Phi) is 7.23. The van der Waals surface area contributed by atoms with E-state index in [0.29, 0.717) is 0 Å². The predicted octanol–water partition coefficient (Wildman–Crippen LogP) is 6.06. The third-order valence-corrected chi connectivity index (χ3v) is 4.91. The van der Waals surface area contributed by atoms with Crippen molar-refractivity contribution >= 4 is 0 Å². The van der Waals surface area contributed by atoms with Gasteiger partial charge in [0.25, 0.3) is 0 Å². The van der Waals surface area contributed by atoms with E-state index in [1.807, 2.05) is 13.8 Å². The topological polar surface area (TPSA) is 0 Å². The van der Waals surface area contributed by atoms with Crippen LogP contribution >= 0.6 is 0 Å². The summed E-state index contributed by atoms with van der Waals surface area (Å²) in [5, 5.41) is 0. The highest BCUT2D eigenvalue weighted by molar-refractivity contribution is 4.83. The second-order valence-corrected chi connectivity index (χ2v) is 6.26. The summed E-state index contributed by atoms with van der Waals surface area (Å²) >= 11 is 0. The van der Waals surface area contributed by atoms with Crippen molar-refractivity contribution in [3.05, 3.63) is 0 Å². The van der Waals surface area contributed by atoms with E-state index in [-0.39, 0.29) is 0 Å². The molecule has 0 spiro atoms. The Morgan fingerprint density at radius 3 is 2.12 bits per heavy atom. The van der Waals surface area contributed by atoms with E-state index in [1.54, 1.807) is 25.7 Å². The summed E-state index contributed by atoms with van der Waals surface area (Å²) in [6.07, 6.45) is 13.7. The summed E-state index contributed by atoms with van der Waals surface area (Å²) in [6.45, 7) is 8.78. The lowest BCUT2D eigenvalue weighted by molar-refractivity contribution is 0.112. The van der Waals surface area contributed by atoms with E-state index in [2.05, 4.69) is 13.8 Å². The maximum absolute atomic E-state index is 2.42. The smallest absolute Gasteiger partial charge is 0.0381 e. The molecular weight excluding hydrogens is 204 g/mol. The van der Waals surface area contributed by atoms with Crippen molar-refractivity contribution in [1.82, 2.24) is 0 Å². The highest BCUT2D eigenvalue weighted by Crippen LogP contribution is 2.43. The Hall–Kier alpha value is 0. The van der Waals surface area contributed by atoms with E-state index in [0.717, 1.165) is 23.7 Å². The van der Waals surface area contributed by atoms with E-state index in [9.17, 15) is 0 Å². The summed E-state index contributed by atoms with van der Waals surface area (Å²) in [7, 11) is 0. The van der Waals surface area contributed by atoms with Crippen molar-refractivity contribution in [2.24, 2.45) is 23.7 Å². The molecule has 2 aliphatic carbocycles. The molecule has 0 aromatic carbocycles. The number of rotatable bonds is 6. The van der Waals surface area contributed by atoms with Crippen LogP contribution in [0.4, 0.5) is 0 Å². The van der Waals surface area contributed by atoms with Crippen molar-refractivity contribution in [1.29, 1.82) is 0 Å². The largest absolute Gasteiger partial charge is 0.0683 e. The Morgan fingerprint density at radius 1 is 1.06 bits per heavy atom. The second kappa shape index (κ2) is 8.16. The van der Waals surface area contributed by atoms with Crippen LogP contribution in [0, 0.1) is 23.7 Å². The Bertz CT molecular complexity index is 174. The molecular formula is C17H34. The highest BCUT2D eigenvalue weighted by Gasteiger charge is 2.32. The van der Waals surface area contributed by atoms with Crippen molar-refractivity contribution in [3.8, 4) is 0 Å². The maximum atomic E-state index is 2.42. The summed E-state index contributed by atoms with van der Waals surface area (Å²) in [5.74, 6) is 4.37. The molecule has 0 heteroatoms. The van der Waals surface area contributed by atoms with E-state index in [1.165, 1.54) is 32.1 Å². The molecule has 0 aliphatic heterocycles. The molecule has 2 rings (SSSR count). The molecule has 0 N–H and O–H groups in total. The molecule has 0 saturated heterocycles. The van der Waals surface area contributed by atoms with Crippen LogP contribution in [0.15, 0.2) is 0 Å². The molecule has 0 nitrogen and oxygen atoms in total. The SMILES string of the molecule is CC.CCCC(CCC1CCC1)C1CC(C)C1. The molecule has 2 aliphatic rings. The quantitative estimate of drug-likeness (QED) is 0.528. The molecule has 1 atom stereocenters. The van der Waals surface area contributed by atoms with Gasteiger partial charge in [-0.2, -0.15) is 0 Å². The first-order chi connectivity index (χ1) is 8.29. The van der Waals surface area contributed by atoms with Crippen LogP contribution < -0.4 is 0 Å². The van der Waals surface area contributed by atoms with Gasteiger partial charge >= 0.3 is 0 Å². The molecule has 0 aromatic rings. The average Bonchev–Trinajstić information content (AvgIpc) is 2.24. The number of hydrogen-bond acceptors (Lipinski definition) is 0. The molecule has 2 saturated carbocycles. The van der Waals surface area contributed by atoms with Crippen LogP contribution in [0.1, 0.15) is 85.5 Å². The molecule has 0 aromatic heterocycles. The van der Waals surface area contributed by atoms with Crippen molar-refractivity contribution < 1.29 is 0 Å². The zero-order valence-corrected chi connectivity index (χ0v) is 12.7. The third kappa shape index (κ3) is 4.64. The monoisotopic (exact) mass is 238 g/mol. The van der Waals surface area contributed by atoms with Gasteiger partial charge in [-0.05, 0) is 42.9 Å². The summed E-state index contributed by atoms with van der Waals surface area (Å²) in [5.41, 5.74) is 0. The lowest BCUT2D eigenvalue weighted by Crippen LogP contribution is -2.29. The van der Waals surface area contributed by atoms with Crippen LogP contribution in [0.5, 0.6) is 0 Å². The van der Waals surface area contributed by atoms with Crippen LogP contribution in [0.2, 0.25) is 0 Å². The van der Waals surface area contributed by atoms with Crippen LogP contribution in [-0.2, 0) is 0 Å². The lowest BCUT2D eigenvalue weighted by Gasteiger charge is -2.40. The van der Waals surface area contributed by atoms with Gasteiger partial charge in [-0.3, -0.25) is 0 Å². The van der Waals surface area contributed by atoms with Crippen molar-refractivity contribution in [3.63, 3.8) is 0 Å². The van der Waals surface area contributed by atoms with Crippen LogP contribution in [-0.4, -0.2) is 0 Å². The fourth-order valence-corrected chi connectivity index (χ4v) is 3.57. The van der Waals surface area contributed by atoms with Gasteiger partial charge < -0.3 is 0 Å². The predicted molar refractivity (Wildman–Crippen MR) is 78.2 cm³/mol. The highest BCUT2D eigenvalue weighted by atomic mass is 14.4. The molecule has 0 heterocycles. The first kappa shape index (κ1) is 15.1. The van der Waals surface area contributed by atoms with E-state index in [4.69, 9.17) is 0 Å². The number of hydrogen-bond donors (Lipinski definition) is 0. The van der Waals surface area contributed by atoms with Crippen LogP contribution in [0.25, 0.3) is 0 Å². The minimum Gasteiger partial charge on any atom is -0.0683 e. The molecule has 0 radical (unpaired) electrons. The van der Waals surface area contributed by atoms with Crippen molar-refractivity contribution in [2.45, 2.75) is 85.5 Å². The fourth-order valence-electron chi connectivity index (χ4n) is 3.57. The summed E-state index contributed by atoms with van der Waals surface area (Å²) < 4.78 is 0. The molecule has 0 amide bonds. The van der Waals surface area contributed by atoms with Gasteiger partial charge in [-0.1, -0.05) is 66.2 Å². The average molecular weight is 238 g/mol. The molecule has 2 fully saturated rings. The van der Waals surface area contributed by atoms with Gasteiger partial charge in [0.15, 0.2) is 0 Å². The third-order valence-electron chi connectivity index (χ3n) is 4.91. The molecule has 17 heavy (non-hydrogen) atoms. The summed E-state index contributed by atoms with van der Waals surface area (Å²) in [6, 6.07) is 0. The van der Waals surface area contributed by atoms with Gasteiger partial charge in [-0.15, -0.1) is 0 Å². The van der Waals surface area contributed by atoms with Gasteiger partial charge in [0.1, 0.15) is 0 Å². The fraction of sp³-hybridized carbons (Fsp3) is 1.00. The Labute approximate surface area is 110 Å². The van der Waals surface area contributed by atoms with Gasteiger partial charge in [-0.25, -0.2) is 0 Å². The first-order valence-electron chi connectivity index (χ1n) is 8.29. The maximum Gasteiger partial charge on any atom is -0.0381 e. The Morgan fingerprint density at radius 2 is 1.71 bits per heavy atom. The zero-order valence-electron chi connectivity index (χ0n) is 12.7. The zero-order chi connectivity index (χ0) is 12.7. The molecule has 1 unspecified atom stereocenters. The van der Waals surface area contributed by atoms with Gasteiger partial charge in [0.05, 0.1) is 0 Å². The first-order valence-corrected chi connectivity index (χ1v) is 8.29. The van der Waals surface area contributed by atoms with Gasteiger partial charge in [0.2, 0.25) is 0 Å².